The fourth-order valence-corrected chi connectivity index (χ4v) is 3.76. The number of amides is 3. The predicted octanol–water partition coefficient (Wildman–Crippen LogP) is 3.37. The Hall–Kier alpha value is -3.62. The van der Waals surface area contributed by atoms with E-state index in [0.29, 0.717) is 5.56 Å². The molecule has 2 aromatic carbocycles. The molecule has 2 heterocycles. The molecule has 0 saturated carbocycles. The lowest BCUT2D eigenvalue weighted by Gasteiger charge is -2.24. The second-order valence-corrected chi connectivity index (χ2v) is 9.24. The molecule has 0 spiro atoms. The first-order valence-corrected chi connectivity index (χ1v) is 10.3. The molecule has 0 aliphatic carbocycles. The molecule has 1 aliphatic heterocycles. The molecule has 1 saturated heterocycles. The minimum Gasteiger partial charge on any atom is -0.319 e. The molecule has 3 aromatic rings. The van der Waals surface area contributed by atoms with Crippen molar-refractivity contribution in [2.45, 2.75) is 52.1 Å². The number of carbonyl (C=O) groups excluding carboxylic acids is 2. The van der Waals surface area contributed by atoms with E-state index in [4.69, 9.17) is 0 Å². The van der Waals surface area contributed by atoms with Crippen LogP contribution >= 0.6 is 0 Å². The minimum atomic E-state index is -1.22. The first-order valence-electron chi connectivity index (χ1n) is 10.3. The average molecular weight is 436 g/mol. The Balaban J connectivity index is 1.63. The lowest BCUT2D eigenvalue weighted by Crippen LogP contribution is -2.41. The van der Waals surface area contributed by atoms with E-state index in [2.05, 4.69) is 41.6 Å². The highest BCUT2D eigenvalue weighted by atomic mass is 19.1. The van der Waals surface area contributed by atoms with Crippen LogP contribution in [0.1, 0.15) is 50.2 Å². The summed E-state index contributed by atoms with van der Waals surface area (Å²) < 4.78 is 15.6. The van der Waals surface area contributed by atoms with Crippen LogP contribution in [-0.4, -0.2) is 37.0 Å². The topological polar surface area (TPSA) is 93.0 Å². The second-order valence-electron chi connectivity index (χ2n) is 9.24. The summed E-state index contributed by atoms with van der Waals surface area (Å²) in [5.41, 5.74) is 1.52. The molecule has 1 unspecified atom stereocenters. The van der Waals surface area contributed by atoms with Crippen LogP contribution in [0.15, 0.2) is 42.5 Å². The van der Waals surface area contributed by atoms with Gasteiger partial charge in [0.25, 0.3) is 5.91 Å². The largest absolute Gasteiger partial charge is 0.325 e. The van der Waals surface area contributed by atoms with E-state index in [1.165, 1.54) is 10.7 Å². The number of aromatic nitrogens is 4. The van der Waals surface area contributed by atoms with Gasteiger partial charge >= 0.3 is 6.03 Å². The van der Waals surface area contributed by atoms with E-state index in [1.54, 1.807) is 19.1 Å². The van der Waals surface area contributed by atoms with Crippen LogP contribution in [0.25, 0.3) is 5.69 Å². The number of rotatable bonds is 4. The molecular formula is C23H25FN6O2. The molecule has 1 atom stereocenters. The summed E-state index contributed by atoms with van der Waals surface area (Å²) in [6, 6.07) is 11.6. The van der Waals surface area contributed by atoms with Gasteiger partial charge in [0.05, 0.1) is 6.54 Å². The van der Waals surface area contributed by atoms with E-state index >= 15 is 0 Å². The van der Waals surface area contributed by atoms with Crippen molar-refractivity contribution < 1.29 is 14.0 Å². The fourth-order valence-electron chi connectivity index (χ4n) is 3.76. The van der Waals surface area contributed by atoms with Gasteiger partial charge in [-0.05, 0) is 58.5 Å². The lowest BCUT2D eigenvalue weighted by atomic mass is 9.84. The number of halogens is 1. The number of imide groups is 1. The Kier molecular flexibility index (Phi) is 5.07. The molecule has 0 bridgehead atoms. The minimum absolute atomic E-state index is 0.0312. The van der Waals surface area contributed by atoms with Gasteiger partial charge in [-0.15, -0.1) is 5.10 Å². The van der Waals surface area contributed by atoms with Gasteiger partial charge in [-0.25, -0.2) is 9.18 Å². The molecule has 1 fully saturated rings. The Bertz CT molecular complexity index is 1200. The molecule has 1 aromatic heterocycles. The van der Waals surface area contributed by atoms with Crippen molar-refractivity contribution in [2.24, 2.45) is 0 Å². The monoisotopic (exact) mass is 436 g/mol. The molecule has 166 valence electrons. The summed E-state index contributed by atoms with van der Waals surface area (Å²) in [5.74, 6) is -0.763. The Labute approximate surface area is 185 Å². The maximum atomic E-state index is 14.4. The number of nitrogens with one attached hydrogen (secondary N) is 1. The van der Waals surface area contributed by atoms with E-state index in [-0.39, 0.29) is 23.5 Å². The maximum absolute atomic E-state index is 14.4. The average Bonchev–Trinajstić information content (AvgIpc) is 3.28. The quantitative estimate of drug-likeness (QED) is 0.633. The molecule has 0 radical (unpaired) electrons. The van der Waals surface area contributed by atoms with E-state index in [1.807, 2.05) is 31.2 Å². The molecule has 1 aliphatic rings. The third kappa shape index (κ3) is 3.63. The van der Waals surface area contributed by atoms with E-state index in [0.717, 1.165) is 16.0 Å². The highest BCUT2D eigenvalue weighted by molar-refractivity contribution is 6.07. The number of hydrogen-bond acceptors (Lipinski definition) is 5. The van der Waals surface area contributed by atoms with Gasteiger partial charge in [0.1, 0.15) is 17.0 Å². The van der Waals surface area contributed by atoms with Crippen molar-refractivity contribution in [3.05, 3.63) is 70.8 Å². The number of aryl methyl sites for hydroxylation is 1. The number of benzene rings is 2. The maximum Gasteiger partial charge on any atom is 0.325 e. The number of tetrazole rings is 1. The van der Waals surface area contributed by atoms with Gasteiger partial charge in [0, 0.05) is 0 Å². The van der Waals surface area contributed by atoms with Gasteiger partial charge < -0.3 is 5.32 Å². The smallest absolute Gasteiger partial charge is 0.319 e. The summed E-state index contributed by atoms with van der Waals surface area (Å²) in [4.78, 5) is 27.1. The highest BCUT2D eigenvalue weighted by Gasteiger charge is 2.49. The SMILES string of the molecule is Cc1ccc(F)c(-n2nnnc2CN2C(=O)NC(C)(c3ccc(C(C)(C)C)cc3)C2=O)c1. The highest BCUT2D eigenvalue weighted by Crippen LogP contribution is 2.32. The third-order valence-corrected chi connectivity index (χ3v) is 5.77. The van der Waals surface area contributed by atoms with Crippen molar-refractivity contribution in [3.63, 3.8) is 0 Å². The van der Waals surface area contributed by atoms with Crippen LogP contribution in [0.4, 0.5) is 9.18 Å². The lowest BCUT2D eigenvalue weighted by molar-refractivity contribution is -0.131. The summed E-state index contributed by atoms with van der Waals surface area (Å²) in [5, 5.41) is 14.2. The molecule has 3 amide bonds. The number of urea groups is 1. The molecular weight excluding hydrogens is 411 g/mol. The van der Waals surface area contributed by atoms with E-state index < -0.39 is 23.3 Å². The zero-order valence-electron chi connectivity index (χ0n) is 18.7. The van der Waals surface area contributed by atoms with Crippen LogP contribution in [0.5, 0.6) is 0 Å². The number of carbonyl (C=O) groups is 2. The van der Waals surface area contributed by atoms with Gasteiger partial charge in [0.15, 0.2) is 5.82 Å². The van der Waals surface area contributed by atoms with E-state index in [9.17, 15) is 14.0 Å². The molecule has 1 N–H and O–H groups in total. The van der Waals surface area contributed by atoms with Crippen molar-refractivity contribution in [3.8, 4) is 5.69 Å². The summed E-state index contributed by atoms with van der Waals surface area (Å²) in [6.45, 7) is 9.61. The normalized spacial score (nSPS) is 18.9. The summed E-state index contributed by atoms with van der Waals surface area (Å²) in [7, 11) is 0. The molecule has 32 heavy (non-hydrogen) atoms. The fraction of sp³-hybridized carbons (Fsp3) is 0.348. The van der Waals surface area contributed by atoms with Crippen LogP contribution in [0, 0.1) is 12.7 Å². The van der Waals surface area contributed by atoms with Crippen LogP contribution < -0.4 is 5.32 Å². The summed E-state index contributed by atoms with van der Waals surface area (Å²) in [6.07, 6.45) is 0. The predicted molar refractivity (Wildman–Crippen MR) is 115 cm³/mol. The van der Waals surface area contributed by atoms with Crippen molar-refractivity contribution >= 4 is 11.9 Å². The Morgan fingerprint density at radius 3 is 2.44 bits per heavy atom. The van der Waals surface area contributed by atoms with Crippen LogP contribution in [0.3, 0.4) is 0 Å². The van der Waals surface area contributed by atoms with Gasteiger partial charge in [-0.2, -0.15) is 4.68 Å². The third-order valence-electron chi connectivity index (χ3n) is 5.77. The zero-order chi connectivity index (χ0) is 23.3. The van der Waals surface area contributed by atoms with Crippen molar-refractivity contribution in [1.82, 2.24) is 30.4 Å². The zero-order valence-corrected chi connectivity index (χ0v) is 18.7. The first kappa shape index (κ1) is 21.6. The molecule has 9 heteroatoms. The first-order chi connectivity index (χ1) is 15.0. The Morgan fingerprint density at radius 1 is 1.09 bits per heavy atom. The second kappa shape index (κ2) is 7.51. The number of hydrogen-bond donors (Lipinski definition) is 1. The van der Waals surface area contributed by atoms with Gasteiger partial charge in [0.2, 0.25) is 0 Å². The van der Waals surface area contributed by atoms with Crippen molar-refractivity contribution in [1.29, 1.82) is 0 Å². The van der Waals surface area contributed by atoms with Gasteiger partial charge in [-0.3, -0.25) is 9.69 Å². The summed E-state index contributed by atoms with van der Waals surface area (Å²) >= 11 is 0. The van der Waals surface area contributed by atoms with Crippen molar-refractivity contribution in [2.75, 3.05) is 0 Å². The molecule has 8 nitrogen and oxygen atoms in total. The van der Waals surface area contributed by atoms with Crippen LogP contribution in [0.2, 0.25) is 0 Å². The standard InChI is InChI=1S/C23H25FN6O2/c1-14-6-11-17(24)18(12-14)30-19(26-27-28-30)13-29-20(31)23(5,25-21(29)32)16-9-7-15(8-10-16)22(2,3)4/h6-12H,13H2,1-5H3,(H,25,32). The number of nitrogens with zero attached hydrogens (tertiary/aromatic N) is 5. The Morgan fingerprint density at radius 2 is 1.78 bits per heavy atom. The van der Waals surface area contributed by atoms with Gasteiger partial charge in [-0.1, -0.05) is 51.1 Å². The van der Waals surface area contributed by atoms with Crippen LogP contribution in [-0.2, 0) is 22.3 Å². The molecule has 4 rings (SSSR count).